The van der Waals surface area contributed by atoms with E-state index in [9.17, 15) is 0 Å². The van der Waals surface area contributed by atoms with Crippen molar-refractivity contribution in [3.05, 3.63) is 24.3 Å². The van der Waals surface area contributed by atoms with Crippen LogP contribution in [-0.4, -0.2) is 34.7 Å². The minimum Gasteiger partial charge on any atom is -0.491 e. The fraction of sp³-hybridized carbons (Fsp3) is 0.600. The molecule has 0 aromatic heterocycles. The van der Waals surface area contributed by atoms with Crippen LogP contribution in [0.2, 0.25) is 0 Å². The van der Waals surface area contributed by atoms with Gasteiger partial charge in [0.25, 0.3) is 0 Å². The molecule has 0 unspecified atom stereocenters. The van der Waals surface area contributed by atoms with Crippen LogP contribution in [0.3, 0.4) is 0 Å². The van der Waals surface area contributed by atoms with Crippen molar-refractivity contribution < 1.29 is 18.0 Å². The second-order valence-corrected chi connectivity index (χ2v) is 7.11. The third-order valence-corrected chi connectivity index (χ3v) is 5.59. The highest BCUT2D eigenvalue weighted by molar-refractivity contribution is 6.75. The minimum absolute atomic E-state index is 0.132. The van der Waals surface area contributed by atoms with Gasteiger partial charge in [0.05, 0.1) is 6.10 Å². The Bertz CT molecular complexity index is 378. The van der Waals surface area contributed by atoms with Crippen LogP contribution in [0, 0.1) is 0 Å². The molecular weight excluding hydrogens is 272 g/mol. The molecule has 0 saturated heterocycles. The van der Waals surface area contributed by atoms with E-state index in [0.29, 0.717) is 19.8 Å². The molecule has 0 bridgehead atoms. The zero-order valence-corrected chi connectivity index (χ0v) is 14.1. The van der Waals surface area contributed by atoms with Gasteiger partial charge in [0.15, 0.2) is 0 Å². The number of rotatable bonds is 9. The molecule has 0 saturated carbocycles. The molecule has 0 aliphatic rings. The van der Waals surface area contributed by atoms with Crippen molar-refractivity contribution >= 4 is 14.0 Å². The van der Waals surface area contributed by atoms with E-state index in [2.05, 4.69) is 0 Å². The fourth-order valence-electron chi connectivity index (χ4n) is 1.98. The van der Waals surface area contributed by atoms with Gasteiger partial charge in [0.2, 0.25) is 0 Å². The van der Waals surface area contributed by atoms with Crippen molar-refractivity contribution in [1.29, 1.82) is 0 Å². The standard InChI is InChI=1S/C15H26O4Si/c1-6-16-20(17-7-2,18-8-3)15-11-9-10-14(12-15)19-13(4)5/h9-13H,6-8H2,1-5H3. The lowest BCUT2D eigenvalue weighted by Gasteiger charge is -2.28. The van der Waals surface area contributed by atoms with Gasteiger partial charge in [-0.3, -0.25) is 0 Å². The molecule has 114 valence electrons. The molecule has 20 heavy (non-hydrogen) atoms. The van der Waals surface area contributed by atoms with Gasteiger partial charge in [-0.2, -0.15) is 0 Å². The first kappa shape index (κ1) is 17.2. The molecule has 0 spiro atoms. The van der Waals surface area contributed by atoms with Gasteiger partial charge in [-0.05, 0) is 46.8 Å². The van der Waals surface area contributed by atoms with Crippen molar-refractivity contribution in [2.45, 2.75) is 40.7 Å². The fourth-order valence-corrected chi connectivity index (χ4v) is 4.49. The third kappa shape index (κ3) is 4.59. The SMILES string of the molecule is CCO[Si](OCC)(OCC)c1cccc(OC(C)C)c1. The predicted octanol–water partition coefficient (Wildman–Crippen LogP) is 2.73. The summed E-state index contributed by atoms with van der Waals surface area (Å²) in [6.07, 6.45) is 0.132. The van der Waals surface area contributed by atoms with Gasteiger partial charge >= 0.3 is 8.80 Å². The molecule has 1 aromatic rings. The summed E-state index contributed by atoms with van der Waals surface area (Å²) in [6, 6.07) is 7.84. The Morgan fingerprint density at radius 3 is 1.95 bits per heavy atom. The van der Waals surface area contributed by atoms with Crippen LogP contribution < -0.4 is 9.92 Å². The van der Waals surface area contributed by atoms with Crippen LogP contribution in [0.1, 0.15) is 34.6 Å². The highest BCUT2D eigenvalue weighted by Crippen LogP contribution is 2.16. The second kappa shape index (κ2) is 8.41. The molecule has 1 rings (SSSR count). The van der Waals surface area contributed by atoms with E-state index in [0.717, 1.165) is 10.9 Å². The van der Waals surface area contributed by atoms with Crippen molar-refractivity contribution in [3.8, 4) is 5.75 Å². The molecule has 5 heteroatoms. The Morgan fingerprint density at radius 2 is 1.50 bits per heavy atom. The lowest BCUT2D eigenvalue weighted by molar-refractivity contribution is 0.0858. The molecule has 0 radical (unpaired) electrons. The van der Waals surface area contributed by atoms with Gasteiger partial charge in [-0.1, -0.05) is 12.1 Å². The number of hydrogen-bond acceptors (Lipinski definition) is 4. The Labute approximate surface area is 123 Å². The van der Waals surface area contributed by atoms with Crippen LogP contribution in [0.5, 0.6) is 5.75 Å². The Balaban J connectivity index is 3.10. The molecule has 1 aromatic carbocycles. The maximum absolute atomic E-state index is 5.90. The molecule has 0 fully saturated rings. The molecule has 4 nitrogen and oxygen atoms in total. The molecule has 0 N–H and O–H groups in total. The van der Waals surface area contributed by atoms with Crippen molar-refractivity contribution in [2.24, 2.45) is 0 Å². The van der Waals surface area contributed by atoms with Crippen LogP contribution in [-0.2, 0) is 13.3 Å². The van der Waals surface area contributed by atoms with Crippen molar-refractivity contribution in [1.82, 2.24) is 0 Å². The first-order valence-electron chi connectivity index (χ1n) is 7.27. The van der Waals surface area contributed by atoms with E-state index in [1.807, 2.05) is 58.9 Å². The normalized spacial score (nSPS) is 11.9. The first-order valence-corrected chi connectivity index (χ1v) is 8.99. The number of ether oxygens (including phenoxy) is 1. The van der Waals surface area contributed by atoms with Crippen LogP contribution in [0.25, 0.3) is 0 Å². The number of benzene rings is 1. The first-order chi connectivity index (χ1) is 9.57. The zero-order chi connectivity index (χ0) is 15.0. The lowest BCUT2D eigenvalue weighted by atomic mass is 10.3. The lowest BCUT2D eigenvalue weighted by Crippen LogP contribution is -2.56. The van der Waals surface area contributed by atoms with E-state index in [-0.39, 0.29) is 6.10 Å². The third-order valence-electron chi connectivity index (χ3n) is 2.56. The Hall–Kier alpha value is -0.883. The largest absolute Gasteiger partial charge is 0.537 e. The van der Waals surface area contributed by atoms with E-state index < -0.39 is 8.80 Å². The molecule has 0 aliphatic carbocycles. The monoisotopic (exact) mass is 298 g/mol. The maximum Gasteiger partial charge on any atom is 0.537 e. The van der Waals surface area contributed by atoms with E-state index in [1.54, 1.807) is 0 Å². The quantitative estimate of drug-likeness (QED) is 0.657. The zero-order valence-electron chi connectivity index (χ0n) is 13.1. The molecular formula is C15H26O4Si. The van der Waals surface area contributed by atoms with Crippen LogP contribution >= 0.6 is 0 Å². The highest BCUT2D eigenvalue weighted by atomic mass is 28.4. The van der Waals surface area contributed by atoms with E-state index in [1.165, 1.54) is 0 Å². The summed E-state index contributed by atoms with van der Waals surface area (Å²) < 4.78 is 23.4. The minimum atomic E-state index is -2.83. The molecule has 0 aliphatic heterocycles. The summed E-state index contributed by atoms with van der Waals surface area (Å²) in [6.45, 7) is 11.5. The van der Waals surface area contributed by atoms with Crippen LogP contribution in [0.15, 0.2) is 24.3 Å². The van der Waals surface area contributed by atoms with E-state index >= 15 is 0 Å². The van der Waals surface area contributed by atoms with Gasteiger partial charge in [0, 0.05) is 25.0 Å². The van der Waals surface area contributed by atoms with Crippen molar-refractivity contribution in [2.75, 3.05) is 19.8 Å². The number of hydrogen-bond donors (Lipinski definition) is 0. The summed E-state index contributed by atoms with van der Waals surface area (Å²) >= 11 is 0. The average molecular weight is 298 g/mol. The highest BCUT2D eigenvalue weighted by Gasteiger charge is 2.43. The Morgan fingerprint density at radius 1 is 0.950 bits per heavy atom. The van der Waals surface area contributed by atoms with Gasteiger partial charge in [-0.25, -0.2) is 0 Å². The second-order valence-electron chi connectivity index (χ2n) is 4.55. The topological polar surface area (TPSA) is 36.9 Å². The van der Waals surface area contributed by atoms with Crippen molar-refractivity contribution in [3.63, 3.8) is 0 Å². The summed E-state index contributed by atoms with van der Waals surface area (Å²) in [4.78, 5) is 0. The summed E-state index contributed by atoms with van der Waals surface area (Å²) in [7, 11) is -2.83. The summed E-state index contributed by atoms with van der Waals surface area (Å²) in [5.74, 6) is 0.813. The average Bonchev–Trinajstić information content (AvgIpc) is 2.39. The van der Waals surface area contributed by atoms with Gasteiger partial charge in [-0.15, -0.1) is 0 Å². The van der Waals surface area contributed by atoms with Gasteiger partial charge in [0.1, 0.15) is 5.75 Å². The molecule has 0 amide bonds. The molecule has 0 atom stereocenters. The van der Waals surface area contributed by atoms with Gasteiger partial charge < -0.3 is 18.0 Å². The maximum atomic E-state index is 5.90. The summed E-state index contributed by atoms with van der Waals surface area (Å²) in [5.41, 5.74) is 0. The van der Waals surface area contributed by atoms with Crippen LogP contribution in [0.4, 0.5) is 0 Å². The predicted molar refractivity (Wildman–Crippen MR) is 82.5 cm³/mol. The summed E-state index contributed by atoms with van der Waals surface area (Å²) in [5, 5.41) is 0.946. The smallest absolute Gasteiger partial charge is 0.491 e. The molecule has 0 heterocycles. The van der Waals surface area contributed by atoms with E-state index in [4.69, 9.17) is 18.0 Å². The Kier molecular flexibility index (Phi) is 7.22.